The normalized spacial score (nSPS) is 5.62. The summed E-state index contributed by atoms with van der Waals surface area (Å²) >= 11 is 0. The van der Waals surface area contributed by atoms with Crippen molar-refractivity contribution in [1.29, 1.82) is 0 Å². The molecule has 41 valence electrons. The van der Waals surface area contributed by atoms with Gasteiger partial charge in [0.05, 0.1) is 0 Å². The molecule has 0 aliphatic heterocycles. The maximum atomic E-state index is 9.43. The van der Waals surface area contributed by atoms with Crippen molar-refractivity contribution in [2.24, 2.45) is 0 Å². The minimum absolute atomic E-state index is 0.828. The third-order valence-electron chi connectivity index (χ3n) is 0.577. The molecule has 0 aliphatic rings. The lowest BCUT2D eigenvalue weighted by atomic mass is 10.3. The summed E-state index contributed by atoms with van der Waals surface area (Å²) in [6, 6.07) is 0. The summed E-state index contributed by atoms with van der Waals surface area (Å²) in [5, 5.41) is 9.43. The minimum atomic E-state index is 0.828. The first-order chi connectivity index (χ1) is 3.91. The van der Waals surface area contributed by atoms with E-state index in [1.54, 1.807) is 0 Å². The van der Waals surface area contributed by atoms with E-state index >= 15 is 0 Å². The summed E-state index contributed by atoms with van der Waals surface area (Å²) in [5.41, 5.74) is 0. The fraction of sp³-hybridized carbons (Fsp3) is 0.429. The van der Waals surface area contributed by atoms with Gasteiger partial charge in [-0.1, -0.05) is 12.8 Å². The quantitative estimate of drug-likeness (QED) is 0.448. The first kappa shape index (κ1) is 6.92. The van der Waals surface area contributed by atoms with Crippen LogP contribution in [0.1, 0.15) is 19.8 Å². The molecule has 1 heteroatoms. The molecule has 8 heavy (non-hydrogen) atoms. The Bertz CT molecular complexity index is 149. The predicted octanol–water partition coefficient (Wildman–Crippen LogP) is 1.18. The second kappa shape index (κ2) is 5.92. The largest absolute Gasteiger partial charge is 0.223 e. The van der Waals surface area contributed by atoms with E-state index in [-0.39, 0.29) is 0 Å². The zero-order chi connectivity index (χ0) is 6.24. The molecular formula is C7H7O. The molecule has 1 radical (unpaired) electrons. The monoisotopic (exact) mass is 107 g/mol. The zero-order valence-corrected chi connectivity index (χ0v) is 4.82. The standard InChI is InChI=1S/C7H7O/c1-2-3-4-5-6-7-8/h2-3H2,1H3. The van der Waals surface area contributed by atoms with Crippen molar-refractivity contribution in [3.63, 3.8) is 0 Å². The molecule has 0 aromatic rings. The maximum Gasteiger partial charge on any atom is 0.186 e. The van der Waals surface area contributed by atoms with Gasteiger partial charge >= 0.3 is 0 Å². The summed E-state index contributed by atoms with van der Waals surface area (Å²) in [6.45, 7) is 2.03. The van der Waals surface area contributed by atoms with E-state index < -0.39 is 0 Å². The highest BCUT2D eigenvalue weighted by molar-refractivity contribution is 5.23. The van der Waals surface area contributed by atoms with E-state index in [1.165, 1.54) is 6.11 Å². The van der Waals surface area contributed by atoms with Gasteiger partial charge in [0.2, 0.25) is 0 Å². The number of unbranched alkanes of at least 4 members (excludes halogenated alkanes) is 1. The second-order valence-corrected chi connectivity index (χ2v) is 1.28. The molecule has 1 nitrogen and oxygen atoms in total. The topological polar surface area (TPSA) is 19.9 Å². The van der Waals surface area contributed by atoms with Gasteiger partial charge in [0.1, 0.15) is 0 Å². The molecule has 0 spiro atoms. The number of hydrogen-bond donors (Lipinski definition) is 0. The van der Waals surface area contributed by atoms with E-state index in [2.05, 4.69) is 17.8 Å². The zero-order valence-electron chi connectivity index (χ0n) is 4.82. The molecule has 0 saturated heterocycles. The smallest absolute Gasteiger partial charge is 0.186 e. The van der Waals surface area contributed by atoms with Crippen LogP contribution in [0.2, 0.25) is 0 Å². The first-order valence-electron chi connectivity index (χ1n) is 2.51. The highest BCUT2D eigenvalue weighted by Gasteiger charge is 1.65. The van der Waals surface area contributed by atoms with E-state index in [1.807, 2.05) is 6.92 Å². The Morgan fingerprint density at radius 2 is 2.12 bits per heavy atom. The van der Waals surface area contributed by atoms with Gasteiger partial charge in [0, 0.05) is 12.3 Å². The molecule has 0 N–H and O–H groups in total. The Hall–Kier alpha value is -1.08. The SMILES string of the molecule is CCCC#CC#C[O]. The van der Waals surface area contributed by atoms with Crippen LogP contribution in [-0.4, -0.2) is 0 Å². The van der Waals surface area contributed by atoms with E-state index in [0.717, 1.165) is 12.8 Å². The Balaban J connectivity index is 3.31. The van der Waals surface area contributed by atoms with Crippen molar-refractivity contribution in [3.8, 4) is 23.9 Å². The molecule has 0 amide bonds. The van der Waals surface area contributed by atoms with Crippen molar-refractivity contribution in [3.05, 3.63) is 0 Å². The minimum Gasteiger partial charge on any atom is -0.223 e. The van der Waals surface area contributed by atoms with Gasteiger partial charge in [-0.25, -0.2) is 5.11 Å². The summed E-state index contributed by atoms with van der Waals surface area (Å²) in [7, 11) is 0. The predicted molar refractivity (Wildman–Crippen MR) is 31.1 cm³/mol. The molecule has 0 rings (SSSR count). The van der Waals surface area contributed by atoms with Gasteiger partial charge in [0.15, 0.2) is 6.11 Å². The fourth-order valence-corrected chi connectivity index (χ4v) is 0.257. The lowest BCUT2D eigenvalue weighted by molar-refractivity contribution is 0.392. The van der Waals surface area contributed by atoms with E-state index in [9.17, 15) is 5.11 Å². The Kier molecular flexibility index (Phi) is 5.12. The van der Waals surface area contributed by atoms with Crippen molar-refractivity contribution < 1.29 is 5.11 Å². The van der Waals surface area contributed by atoms with Crippen molar-refractivity contribution in [2.75, 3.05) is 0 Å². The molecule has 0 bridgehead atoms. The molecule has 0 heterocycles. The molecule has 0 aromatic carbocycles. The molecular weight excluding hydrogens is 100 g/mol. The Labute approximate surface area is 49.7 Å². The first-order valence-corrected chi connectivity index (χ1v) is 2.51. The molecule has 0 atom stereocenters. The maximum absolute atomic E-state index is 9.43. The van der Waals surface area contributed by atoms with Crippen LogP contribution in [0.25, 0.3) is 0 Å². The van der Waals surface area contributed by atoms with Gasteiger partial charge in [-0.3, -0.25) is 0 Å². The summed E-state index contributed by atoms with van der Waals surface area (Å²) < 4.78 is 0. The van der Waals surface area contributed by atoms with Crippen LogP contribution in [-0.2, 0) is 5.11 Å². The van der Waals surface area contributed by atoms with Gasteiger partial charge in [0.25, 0.3) is 0 Å². The highest BCUT2D eigenvalue weighted by Crippen LogP contribution is 1.79. The van der Waals surface area contributed by atoms with Gasteiger partial charge in [-0.05, 0) is 12.3 Å². The van der Waals surface area contributed by atoms with E-state index in [4.69, 9.17) is 0 Å². The third-order valence-corrected chi connectivity index (χ3v) is 0.577. The lowest BCUT2D eigenvalue weighted by Gasteiger charge is -1.71. The third kappa shape index (κ3) is 4.92. The van der Waals surface area contributed by atoms with Crippen LogP contribution in [0.4, 0.5) is 0 Å². The molecule has 0 unspecified atom stereocenters. The Morgan fingerprint density at radius 3 is 2.62 bits per heavy atom. The summed E-state index contributed by atoms with van der Waals surface area (Å²) in [6.07, 6.45) is 3.30. The lowest BCUT2D eigenvalue weighted by Crippen LogP contribution is -1.59. The van der Waals surface area contributed by atoms with Crippen LogP contribution in [0.15, 0.2) is 0 Å². The van der Waals surface area contributed by atoms with Gasteiger partial charge in [-0.2, -0.15) is 0 Å². The Morgan fingerprint density at radius 1 is 1.38 bits per heavy atom. The summed E-state index contributed by atoms with van der Waals surface area (Å²) in [5.74, 6) is 7.24. The van der Waals surface area contributed by atoms with Crippen molar-refractivity contribution in [2.45, 2.75) is 19.8 Å². The summed E-state index contributed by atoms with van der Waals surface area (Å²) in [4.78, 5) is 0. The molecule has 0 saturated carbocycles. The average molecular weight is 107 g/mol. The van der Waals surface area contributed by atoms with Crippen LogP contribution >= 0.6 is 0 Å². The van der Waals surface area contributed by atoms with Crippen molar-refractivity contribution in [1.82, 2.24) is 0 Å². The molecule has 0 fully saturated rings. The highest BCUT2D eigenvalue weighted by atomic mass is 16.2. The average Bonchev–Trinajstić information content (AvgIpc) is 1.81. The van der Waals surface area contributed by atoms with Crippen LogP contribution in [0.3, 0.4) is 0 Å². The number of hydrogen-bond acceptors (Lipinski definition) is 0. The van der Waals surface area contributed by atoms with E-state index in [0.29, 0.717) is 0 Å². The van der Waals surface area contributed by atoms with Crippen LogP contribution < -0.4 is 0 Å². The van der Waals surface area contributed by atoms with Crippen molar-refractivity contribution >= 4 is 0 Å². The second-order valence-electron chi connectivity index (χ2n) is 1.28. The molecule has 0 aliphatic carbocycles. The van der Waals surface area contributed by atoms with Crippen LogP contribution in [0, 0.1) is 23.9 Å². The van der Waals surface area contributed by atoms with Crippen LogP contribution in [0.5, 0.6) is 0 Å². The molecule has 0 aromatic heterocycles. The number of rotatable bonds is 1. The van der Waals surface area contributed by atoms with Gasteiger partial charge in [-0.15, -0.1) is 0 Å². The van der Waals surface area contributed by atoms with Gasteiger partial charge < -0.3 is 0 Å². The fourth-order valence-electron chi connectivity index (χ4n) is 0.257.